The summed E-state index contributed by atoms with van der Waals surface area (Å²) in [5, 5.41) is 17.4. The average Bonchev–Trinajstić information content (AvgIpc) is 3.14. The number of aliphatic hydroxyl groups is 1. The first-order valence-corrected chi connectivity index (χ1v) is 8.46. The average molecular weight is 350 g/mol. The number of hydrogen-bond acceptors (Lipinski definition) is 5. The molecule has 1 aromatic heterocycles. The lowest BCUT2D eigenvalue weighted by Gasteiger charge is -2.12. The zero-order valence-corrected chi connectivity index (χ0v) is 14.6. The lowest BCUT2D eigenvalue weighted by atomic mass is 10.2. The van der Waals surface area contributed by atoms with Crippen LogP contribution in [0.4, 0.5) is 4.79 Å². The molecule has 7 heteroatoms. The zero-order chi connectivity index (χ0) is 17.4. The molecular formula is C17H22N2O4S. The number of urea groups is 1. The van der Waals surface area contributed by atoms with Gasteiger partial charge < -0.3 is 25.2 Å². The first kappa shape index (κ1) is 18.1. The zero-order valence-electron chi connectivity index (χ0n) is 13.7. The summed E-state index contributed by atoms with van der Waals surface area (Å²) < 4.78 is 10.4. The SMILES string of the molecule is COc1ccc(CNC(=O)NCC[C@H](O)c2cccs2)cc1OC. The van der Waals surface area contributed by atoms with E-state index in [4.69, 9.17) is 9.47 Å². The molecule has 0 unspecified atom stereocenters. The monoisotopic (exact) mass is 350 g/mol. The van der Waals surface area contributed by atoms with E-state index in [1.54, 1.807) is 20.3 Å². The second-order valence-corrected chi connectivity index (χ2v) is 6.10. The standard InChI is InChI=1S/C17H22N2O4S/c1-22-14-6-5-12(10-15(14)23-2)11-19-17(21)18-8-7-13(20)16-4-3-9-24-16/h3-6,9-10,13,20H,7-8,11H2,1-2H3,(H2,18,19,21)/t13-/m0/s1. The van der Waals surface area contributed by atoms with Crippen LogP contribution in [0.15, 0.2) is 35.7 Å². The van der Waals surface area contributed by atoms with E-state index in [1.165, 1.54) is 11.3 Å². The van der Waals surface area contributed by atoms with Crippen LogP contribution < -0.4 is 20.1 Å². The number of rotatable bonds is 8. The lowest BCUT2D eigenvalue weighted by Crippen LogP contribution is -2.36. The van der Waals surface area contributed by atoms with Gasteiger partial charge in [0.05, 0.1) is 20.3 Å². The molecule has 0 aliphatic rings. The van der Waals surface area contributed by atoms with Crippen LogP contribution in [0.5, 0.6) is 11.5 Å². The number of hydrogen-bond donors (Lipinski definition) is 3. The Balaban J connectivity index is 1.73. The maximum atomic E-state index is 11.8. The molecule has 0 saturated carbocycles. The molecule has 1 aromatic carbocycles. The number of carbonyl (C=O) groups excluding carboxylic acids is 1. The van der Waals surface area contributed by atoms with E-state index in [1.807, 2.05) is 29.6 Å². The molecule has 3 N–H and O–H groups in total. The van der Waals surface area contributed by atoms with Crippen molar-refractivity contribution in [3.05, 3.63) is 46.2 Å². The van der Waals surface area contributed by atoms with Gasteiger partial charge in [-0.1, -0.05) is 12.1 Å². The summed E-state index contributed by atoms with van der Waals surface area (Å²) in [7, 11) is 3.15. The van der Waals surface area contributed by atoms with E-state index >= 15 is 0 Å². The minimum atomic E-state index is -0.545. The van der Waals surface area contributed by atoms with Crippen LogP contribution in [0.1, 0.15) is 23.0 Å². The van der Waals surface area contributed by atoms with Gasteiger partial charge in [0.2, 0.25) is 0 Å². The van der Waals surface area contributed by atoms with Gasteiger partial charge in [-0.25, -0.2) is 4.79 Å². The second-order valence-electron chi connectivity index (χ2n) is 5.12. The van der Waals surface area contributed by atoms with Crippen molar-refractivity contribution in [3.63, 3.8) is 0 Å². The van der Waals surface area contributed by atoms with Gasteiger partial charge in [0, 0.05) is 18.0 Å². The van der Waals surface area contributed by atoms with E-state index in [0.717, 1.165) is 10.4 Å². The van der Waals surface area contributed by atoms with Gasteiger partial charge in [-0.2, -0.15) is 0 Å². The quantitative estimate of drug-likeness (QED) is 0.684. The van der Waals surface area contributed by atoms with Gasteiger partial charge in [0.15, 0.2) is 11.5 Å². The molecule has 0 saturated heterocycles. The third-order valence-electron chi connectivity index (χ3n) is 3.48. The molecule has 2 rings (SSSR count). The minimum Gasteiger partial charge on any atom is -0.493 e. The maximum Gasteiger partial charge on any atom is 0.315 e. The van der Waals surface area contributed by atoms with Crippen LogP contribution >= 0.6 is 11.3 Å². The van der Waals surface area contributed by atoms with Crippen LogP contribution in [0, 0.1) is 0 Å². The predicted octanol–water partition coefficient (Wildman–Crippen LogP) is 2.69. The molecule has 0 aliphatic carbocycles. The number of nitrogens with one attached hydrogen (secondary N) is 2. The van der Waals surface area contributed by atoms with E-state index < -0.39 is 6.10 Å². The van der Waals surface area contributed by atoms with Gasteiger partial charge in [-0.15, -0.1) is 11.3 Å². The van der Waals surface area contributed by atoms with Crippen LogP contribution in [0.25, 0.3) is 0 Å². The first-order valence-electron chi connectivity index (χ1n) is 7.58. The van der Waals surface area contributed by atoms with E-state index in [-0.39, 0.29) is 6.03 Å². The molecule has 1 atom stereocenters. The summed E-state index contributed by atoms with van der Waals surface area (Å²) in [4.78, 5) is 12.7. The van der Waals surface area contributed by atoms with Crippen LogP contribution in [0.2, 0.25) is 0 Å². The number of thiophene rings is 1. The van der Waals surface area contributed by atoms with Gasteiger partial charge in [0.1, 0.15) is 0 Å². The summed E-state index contributed by atoms with van der Waals surface area (Å²) >= 11 is 1.50. The Morgan fingerprint density at radius 3 is 2.67 bits per heavy atom. The van der Waals surface area contributed by atoms with Crippen LogP contribution in [-0.4, -0.2) is 31.9 Å². The minimum absolute atomic E-state index is 0.275. The summed E-state index contributed by atoms with van der Waals surface area (Å²) in [6, 6.07) is 8.98. The Labute approximate surface area is 145 Å². The maximum absolute atomic E-state index is 11.8. The van der Waals surface area contributed by atoms with Crippen molar-refractivity contribution >= 4 is 17.4 Å². The van der Waals surface area contributed by atoms with Crippen molar-refractivity contribution < 1.29 is 19.4 Å². The number of benzene rings is 1. The normalized spacial score (nSPS) is 11.6. The van der Waals surface area contributed by atoms with Gasteiger partial charge in [-0.3, -0.25) is 0 Å². The molecule has 0 spiro atoms. The molecule has 0 fully saturated rings. The first-order chi connectivity index (χ1) is 11.6. The Morgan fingerprint density at radius 2 is 2.00 bits per heavy atom. The van der Waals surface area contributed by atoms with Crippen molar-refractivity contribution in [2.75, 3.05) is 20.8 Å². The third kappa shape index (κ3) is 5.14. The number of amides is 2. The Bertz CT molecular complexity index is 646. The number of carbonyl (C=O) groups is 1. The fourth-order valence-electron chi connectivity index (χ4n) is 2.18. The largest absolute Gasteiger partial charge is 0.493 e. The number of aliphatic hydroxyl groups excluding tert-OH is 1. The summed E-state index contributed by atoms with van der Waals surface area (Å²) in [5.74, 6) is 1.27. The van der Waals surface area contributed by atoms with Crippen molar-refractivity contribution in [2.24, 2.45) is 0 Å². The van der Waals surface area contributed by atoms with Gasteiger partial charge >= 0.3 is 6.03 Å². The van der Waals surface area contributed by atoms with Gasteiger partial charge in [-0.05, 0) is 35.6 Å². The van der Waals surface area contributed by atoms with Gasteiger partial charge in [0.25, 0.3) is 0 Å². The predicted molar refractivity (Wildman–Crippen MR) is 93.7 cm³/mol. The van der Waals surface area contributed by atoms with Crippen molar-refractivity contribution in [1.82, 2.24) is 10.6 Å². The molecule has 2 aromatic rings. The molecule has 24 heavy (non-hydrogen) atoms. The second kappa shape index (κ2) is 9.14. The smallest absolute Gasteiger partial charge is 0.315 e. The number of ether oxygens (including phenoxy) is 2. The Hall–Kier alpha value is -2.25. The Morgan fingerprint density at radius 1 is 1.21 bits per heavy atom. The molecular weight excluding hydrogens is 328 g/mol. The topological polar surface area (TPSA) is 79.8 Å². The number of methoxy groups -OCH3 is 2. The van der Waals surface area contributed by atoms with Crippen molar-refractivity contribution in [3.8, 4) is 11.5 Å². The third-order valence-corrected chi connectivity index (χ3v) is 4.45. The summed E-state index contributed by atoms with van der Waals surface area (Å²) in [5.41, 5.74) is 0.904. The van der Waals surface area contributed by atoms with Crippen molar-refractivity contribution in [1.29, 1.82) is 0 Å². The fourth-order valence-corrected chi connectivity index (χ4v) is 2.93. The fraction of sp³-hybridized carbons (Fsp3) is 0.353. The highest BCUT2D eigenvalue weighted by Gasteiger charge is 2.09. The molecule has 0 aliphatic heterocycles. The molecule has 1 heterocycles. The molecule has 6 nitrogen and oxygen atoms in total. The Kier molecular flexibility index (Phi) is 6.89. The van der Waals surface area contributed by atoms with Crippen LogP contribution in [-0.2, 0) is 6.54 Å². The summed E-state index contributed by atoms with van der Waals surface area (Å²) in [6.07, 6.45) is -0.0688. The molecule has 130 valence electrons. The molecule has 0 bridgehead atoms. The highest BCUT2D eigenvalue weighted by molar-refractivity contribution is 7.10. The van der Waals surface area contributed by atoms with E-state index in [2.05, 4.69) is 10.6 Å². The highest BCUT2D eigenvalue weighted by Crippen LogP contribution is 2.27. The van der Waals surface area contributed by atoms with Crippen molar-refractivity contribution in [2.45, 2.75) is 19.1 Å². The highest BCUT2D eigenvalue weighted by atomic mass is 32.1. The lowest BCUT2D eigenvalue weighted by molar-refractivity contribution is 0.170. The molecule has 0 radical (unpaired) electrons. The van der Waals surface area contributed by atoms with E-state index in [9.17, 15) is 9.90 Å². The van der Waals surface area contributed by atoms with E-state index in [0.29, 0.717) is 31.0 Å². The molecule has 2 amide bonds. The summed E-state index contributed by atoms with van der Waals surface area (Å²) in [6.45, 7) is 0.774. The van der Waals surface area contributed by atoms with Crippen LogP contribution in [0.3, 0.4) is 0 Å².